The molecule has 0 aromatic heterocycles. The van der Waals surface area contributed by atoms with Crippen LogP contribution in [0.5, 0.6) is 0 Å². The minimum atomic E-state index is -0.818. The zero-order valence-electron chi connectivity index (χ0n) is 15.6. The fourth-order valence-corrected chi connectivity index (χ4v) is 4.20. The van der Waals surface area contributed by atoms with E-state index in [1.54, 1.807) is 11.1 Å². The van der Waals surface area contributed by atoms with E-state index in [-0.39, 0.29) is 5.69 Å². The number of halogens is 2. The number of amides is 2. The van der Waals surface area contributed by atoms with E-state index in [0.29, 0.717) is 11.4 Å². The maximum atomic E-state index is 13.8. The molecule has 0 bridgehead atoms. The molecule has 7 heteroatoms. The van der Waals surface area contributed by atoms with Gasteiger partial charge < -0.3 is 0 Å². The second-order valence-electron chi connectivity index (χ2n) is 7.09. The van der Waals surface area contributed by atoms with E-state index in [2.05, 4.69) is 21.0 Å². The molecule has 148 valence electrons. The fourth-order valence-electron chi connectivity index (χ4n) is 3.94. The lowest BCUT2D eigenvalue weighted by atomic mass is 9.93. The van der Waals surface area contributed by atoms with Crippen LogP contribution in [0.3, 0.4) is 0 Å². The Morgan fingerprint density at radius 2 is 1.53 bits per heavy atom. The van der Waals surface area contributed by atoms with Crippen LogP contribution in [0.4, 0.5) is 15.8 Å². The molecule has 0 aliphatic carbocycles. The van der Waals surface area contributed by atoms with Gasteiger partial charge in [0.05, 0.1) is 17.1 Å². The van der Waals surface area contributed by atoms with E-state index in [4.69, 9.17) is 0 Å². The second kappa shape index (κ2) is 7.18. The Morgan fingerprint density at radius 1 is 0.833 bits per heavy atom. The number of imide groups is 1. The molecule has 1 fully saturated rings. The molecule has 3 aromatic rings. The van der Waals surface area contributed by atoms with Gasteiger partial charge in [-0.2, -0.15) is 5.10 Å². The van der Waals surface area contributed by atoms with Gasteiger partial charge in [-0.25, -0.2) is 9.29 Å². The average molecular weight is 464 g/mol. The molecule has 2 aliphatic rings. The van der Waals surface area contributed by atoms with Crippen molar-refractivity contribution in [2.45, 2.75) is 6.04 Å². The Labute approximate surface area is 180 Å². The zero-order valence-corrected chi connectivity index (χ0v) is 17.2. The number of carbonyl (C=O) groups is 2. The van der Waals surface area contributed by atoms with Gasteiger partial charge in [0.2, 0.25) is 5.91 Å². The summed E-state index contributed by atoms with van der Waals surface area (Å²) in [6, 6.07) is 21.4. The second-order valence-corrected chi connectivity index (χ2v) is 8.00. The lowest BCUT2D eigenvalue weighted by Crippen LogP contribution is -2.39. The first-order chi connectivity index (χ1) is 14.5. The van der Waals surface area contributed by atoms with Crippen molar-refractivity contribution in [3.05, 3.63) is 94.7 Å². The maximum absolute atomic E-state index is 13.8. The van der Waals surface area contributed by atoms with Crippen molar-refractivity contribution in [2.75, 3.05) is 9.91 Å². The summed E-state index contributed by atoms with van der Waals surface area (Å²) in [7, 11) is 0. The van der Waals surface area contributed by atoms with Gasteiger partial charge in [-0.15, -0.1) is 0 Å². The van der Waals surface area contributed by atoms with Crippen LogP contribution in [0.25, 0.3) is 0 Å². The fraction of sp³-hybridized carbons (Fsp3) is 0.0870. The van der Waals surface area contributed by atoms with Gasteiger partial charge in [-0.3, -0.25) is 14.6 Å². The van der Waals surface area contributed by atoms with Crippen LogP contribution in [0.2, 0.25) is 0 Å². The van der Waals surface area contributed by atoms with Crippen molar-refractivity contribution in [2.24, 2.45) is 11.0 Å². The molecule has 2 amide bonds. The van der Waals surface area contributed by atoms with Crippen molar-refractivity contribution in [3.8, 4) is 0 Å². The SMILES string of the molecule is O=C1[C@H]2C(c3ccc(Br)cc3)=NN(c3ccccc3)[C@H]2C(=O)N1c1cccc(F)c1. The number of para-hydroxylation sites is 1. The van der Waals surface area contributed by atoms with E-state index >= 15 is 0 Å². The lowest BCUT2D eigenvalue weighted by molar-refractivity contribution is -0.121. The molecule has 5 nitrogen and oxygen atoms in total. The van der Waals surface area contributed by atoms with Crippen LogP contribution in [-0.2, 0) is 9.59 Å². The molecular formula is C23H15BrFN3O2. The van der Waals surface area contributed by atoms with Gasteiger partial charge in [0.25, 0.3) is 5.91 Å². The van der Waals surface area contributed by atoms with Crippen molar-refractivity contribution in [3.63, 3.8) is 0 Å². The standard InChI is InChI=1S/C23H15BrFN3O2/c24-15-11-9-14(10-12-15)20-19-21(28(26-20)17-6-2-1-3-7-17)23(30)27(22(19)29)18-8-4-5-16(25)13-18/h1-13,19,21H/t19-,21+/m0/s1. The first-order valence-electron chi connectivity index (χ1n) is 9.37. The van der Waals surface area contributed by atoms with Crippen LogP contribution in [0.15, 0.2) is 88.4 Å². The molecular weight excluding hydrogens is 449 g/mol. The molecule has 0 unspecified atom stereocenters. The van der Waals surface area contributed by atoms with Gasteiger partial charge in [0.1, 0.15) is 17.8 Å². The third kappa shape index (κ3) is 2.93. The van der Waals surface area contributed by atoms with Gasteiger partial charge in [0, 0.05) is 4.47 Å². The zero-order chi connectivity index (χ0) is 20.8. The highest BCUT2D eigenvalue weighted by Gasteiger charge is 2.57. The van der Waals surface area contributed by atoms with Crippen molar-refractivity contribution >= 4 is 44.8 Å². The summed E-state index contributed by atoms with van der Waals surface area (Å²) in [5.41, 5.74) is 2.21. The molecule has 0 saturated carbocycles. The van der Waals surface area contributed by atoms with Crippen LogP contribution < -0.4 is 9.91 Å². The van der Waals surface area contributed by atoms with E-state index in [1.165, 1.54) is 18.2 Å². The van der Waals surface area contributed by atoms with Gasteiger partial charge in [-0.1, -0.05) is 52.3 Å². The molecule has 2 aliphatic heterocycles. The Kier molecular flexibility index (Phi) is 4.47. The van der Waals surface area contributed by atoms with E-state index in [9.17, 15) is 14.0 Å². The highest BCUT2D eigenvalue weighted by Crippen LogP contribution is 2.39. The Balaban J connectivity index is 1.64. The molecule has 1 saturated heterocycles. The molecule has 2 atom stereocenters. The number of hydrazone groups is 1. The van der Waals surface area contributed by atoms with Gasteiger partial charge in [-0.05, 0) is 48.0 Å². The Morgan fingerprint density at radius 3 is 2.23 bits per heavy atom. The maximum Gasteiger partial charge on any atom is 0.259 e. The first-order valence-corrected chi connectivity index (χ1v) is 10.2. The van der Waals surface area contributed by atoms with E-state index < -0.39 is 29.6 Å². The summed E-state index contributed by atoms with van der Waals surface area (Å²) >= 11 is 3.41. The average Bonchev–Trinajstić information content (AvgIpc) is 3.26. The van der Waals surface area contributed by atoms with Gasteiger partial charge in [0.15, 0.2) is 0 Å². The Hall–Kier alpha value is -3.32. The third-order valence-corrected chi connectivity index (χ3v) is 5.80. The summed E-state index contributed by atoms with van der Waals surface area (Å²) in [5, 5.41) is 6.28. The molecule has 0 N–H and O–H groups in total. The van der Waals surface area contributed by atoms with Crippen LogP contribution in [-0.4, -0.2) is 23.6 Å². The highest BCUT2D eigenvalue weighted by atomic mass is 79.9. The Bertz CT molecular complexity index is 1180. The molecule has 3 aromatic carbocycles. The lowest BCUT2D eigenvalue weighted by Gasteiger charge is -2.22. The van der Waals surface area contributed by atoms with Gasteiger partial charge >= 0.3 is 0 Å². The summed E-state index contributed by atoms with van der Waals surface area (Å²) in [5.74, 6) is -2.11. The van der Waals surface area contributed by atoms with Crippen molar-refractivity contribution < 1.29 is 14.0 Å². The smallest absolute Gasteiger partial charge is 0.259 e. The minimum Gasteiger partial charge on any atom is -0.273 e. The first kappa shape index (κ1) is 18.7. The number of nitrogens with zero attached hydrogens (tertiary/aromatic N) is 3. The van der Waals surface area contributed by atoms with Crippen LogP contribution in [0, 0.1) is 11.7 Å². The number of benzene rings is 3. The van der Waals surface area contributed by atoms with Crippen molar-refractivity contribution in [1.82, 2.24) is 0 Å². The number of carbonyl (C=O) groups excluding carboxylic acids is 2. The van der Waals surface area contributed by atoms with Crippen LogP contribution >= 0.6 is 15.9 Å². The summed E-state index contributed by atoms with van der Waals surface area (Å²) in [6.45, 7) is 0. The molecule has 30 heavy (non-hydrogen) atoms. The molecule has 0 radical (unpaired) electrons. The van der Waals surface area contributed by atoms with Crippen molar-refractivity contribution in [1.29, 1.82) is 0 Å². The predicted molar refractivity (Wildman–Crippen MR) is 116 cm³/mol. The molecule has 5 rings (SSSR count). The number of fused-ring (bicyclic) bond motifs is 1. The van der Waals surface area contributed by atoms with E-state index in [0.717, 1.165) is 14.9 Å². The summed E-state index contributed by atoms with van der Waals surface area (Å²) in [6.07, 6.45) is 0. The summed E-state index contributed by atoms with van der Waals surface area (Å²) < 4.78 is 14.7. The third-order valence-electron chi connectivity index (χ3n) is 5.28. The largest absolute Gasteiger partial charge is 0.273 e. The topological polar surface area (TPSA) is 53.0 Å². The minimum absolute atomic E-state index is 0.225. The predicted octanol–water partition coefficient (Wildman–Crippen LogP) is 4.37. The molecule has 2 heterocycles. The number of hydrogen-bond donors (Lipinski definition) is 0. The molecule has 0 spiro atoms. The monoisotopic (exact) mass is 463 g/mol. The quantitative estimate of drug-likeness (QED) is 0.541. The normalized spacial score (nSPS) is 20.5. The number of rotatable bonds is 3. The number of hydrogen-bond acceptors (Lipinski definition) is 4. The summed E-state index contributed by atoms with van der Waals surface area (Å²) in [4.78, 5) is 27.9. The highest BCUT2D eigenvalue weighted by molar-refractivity contribution is 9.10. The van der Waals surface area contributed by atoms with E-state index in [1.807, 2.05) is 54.6 Å². The van der Waals surface area contributed by atoms with Crippen LogP contribution in [0.1, 0.15) is 5.56 Å². The number of anilines is 2.